The van der Waals surface area contributed by atoms with E-state index in [-0.39, 0.29) is 0 Å². The van der Waals surface area contributed by atoms with Crippen molar-refractivity contribution in [2.45, 2.75) is 11.8 Å². The van der Waals surface area contributed by atoms with Gasteiger partial charge >= 0.3 is 0 Å². The van der Waals surface area contributed by atoms with Crippen LogP contribution in [0, 0.1) is 0 Å². The molecule has 1 N–H and O–H groups in total. The highest BCUT2D eigenvalue weighted by Crippen LogP contribution is 2.17. The molecule has 0 aromatic heterocycles. The van der Waals surface area contributed by atoms with Gasteiger partial charge in [-0.15, -0.1) is 0 Å². The third-order valence-electron chi connectivity index (χ3n) is 2.69. The van der Waals surface area contributed by atoms with Crippen LogP contribution in [-0.2, 0) is 0 Å². The smallest absolute Gasteiger partial charge is 0.120 e. The first-order valence-electron chi connectivity index (χ1n) is 6.53. The van der Waals surface area contributed by atoms with Gasteiger partial charge in [0.05, 0.1) is 5.71 Å². The molecule has 0 amide bonds. The fourth-order valence-corrected chi connectivity index (χ4v) is 2.47. The molecular formula is C17H16N2S2. The van der Waals surface area contributed by atoms with Crippen LogP contribution in [0.5, 0.6) is 0 Å². The van der Waals surface area contributed by atoms with Gasteiger partial charge in [0.1, 0.15) is 4.99 Å². The summed E-state index contributed by atoms with van der Waals surface area (Å²) in [6, 6.07) is 20.1. The van der Waals surface area contributed by atoms with E-state index < -0.39 is 0 Å². The number of rotatable bonds is 5. The van der Waals surface area contributed by atoms with E-state index in [1.54, 1.807) is 11.8 Å². The first-order chi connectivity index (χ1) is 10.3. The summed E-state index contributed by atoms with van der Waals surface area (Å²) in [5, 5.41) is 6.24. The fraction of sp³-hybridized carbons (Fsp3) is 0.0588. The molecule has 0 aliphatic rings. The molecule has 2 nitrogen and oxygen atoms in total. The lowest BCUT2D eigenvalue weighted by molar-refractivity contribution is 1.05. The molecule has 0 bridgehead atoms. The molecule has 0 aliphatic heterocycles. The highest BCUT2D eigenvalue weighted by Gasteiger charge is 1.95. The largest absolute Gasteiger partial charge is 0.267 e. The van der Waals surface area contributed by atoms with E-state index in [4.69, 9.17) is 12.2 Å². The summed E-state index contributed by atoms with van der Waals surface area (Å²) in [6.45, 7) is 1.95. The Hall–Kier alpha value is -1.91. The Balaban J connectivity index is 1.85. The summed E-state index contributed by atoms with van der Waals surface area (Å²) in [4.78, 5) is 1.77. The molecule has 0 heterocycles. The van der Waals surface area contributed by atoms with Crippen LogP contribution in [0.25, 0.3) is 0 Å². The molecule has 0 unspecified atom stereocenters. The lowest BCUT2D eigenvalue weighted by Crippen LogP contribution is -2.14. The molecule has 0 radical (unpaired) electrons. The summed E-state index contributed by atoms with van der Waals surface area (Å²) in [5.74, 6) is 0. The van der Waals surface area contributed by atoms with Gasteiger partial charge in [-0.3, -0.25) is 5.43 Å². The van der Waals surface area contributed by atoms with E-state index in [1.807, 2.05) is 66.9 Å². The number of benzene rings is 2. The van der Waals surface area contributed by atoms with Gasteiger partial charge in [-0.25, -0.2) is 0 Å². The second-order valence-electron chi connectivity index (χ2n) is 4.27. The van der Waals surface area contributed by atoms with E-state index in [2.05, 4.69) is 22.7 Å². The summed E-state index contributed by atoms with van der Waals surface area (Å²) >= 11 is 6.84. The minimum atomic E-state index is 0.591. The monoisotopic (exact) mass is 312 g/mol. The average Bonchev–Trinajstić information content (AvgIpc) is 2.54. The molecule has 0 spiro atoms. The molecule has 0 fully saturated rings. The Morgan fingerprint density at radius 3 is 2.33 bits per heavy atom. The van der Waals surface area contributed by atoms with E-state index in [0.29, 0.717) is 4.99 Å². The summed E-state index contributed by atoms with van der Waals surface area (Å²) in [6.07, 6.45) is 1.84. The Bertz CT molecular complexity index is 634. The third-order valence-corrected chi connectivity index (χ3v) is 3.74. The Kier molecular flexibility index (Phi) is 6.19. The number of nitrogens with zero attached hydrogens (tertiary/aromatic N) is 1. The number of thiocarbonyl (C=S) groups is 1. The number of hydrazone groups is 1. The average molecular weight is 312 g/mol. The van der Waals surface area contributed by atoms with Crippen LogP contribution in [0.3, 0.4) is 0 Å². The van der Waals surface area contributed by atoms with Gasteiger partial charge in [0.25, 0.3) is 0 Å². The molecule has 0 atom stereocenters. The Labute approximate surface area is 135 Å². The van der Waals surface area contributed by atoms with Crippen LogP contribution in [0.2, 0.25) is 0 Å². The van der Waals surface area contributed by atoms with Crippen molar-refractivity contribution in [1.29, 1.82) is 0 Å². The normalized spacial score (nSPS) is 11.6. The van der Waals surface area contributed by atoms with Crippen molar-refractivity contribution in [1.82, 2.24) is 5.43 Å². The predicted molar refractivity (Wildman–Crippen MR) is 95.8 cm³/mol. The lowest BCUT2D eigenvalue weighted by Gasteiger charge is -2.02. The molecule has 2 rings (SSSR count). The van der Waals surface area contributed by atoms with Gasteiger partial charge in [-0.1, -0.05) is 72.5 Å². The van der Waals surface area contributed by atoms with Crippen molar-refractivity contribution in [3.05, 3.63) is 77.7 Å². The first-order valence-corrected chi connectivity index (χ1v) is 7.82. The second kappa shape index (κ2) is 8.39. The molecule has 0 saturated carbocycles. The van der Waals surface area contributed by atoms with Gasteiger partial charge in [0.15, 0.2) is 0 Å². The van der Waals surface area contributed by atoms with Crippen LogP contribution in [-0.4, -0.2) is 10.7 Å². The SMILES string of the molecule is CC(=NNC(=S)C=CSc1ccccc1)c1ccccc1. The van der Waals surface area contributed by atoms with Crippen LogP contribution >= 0.6 is 24.0 Å². The molecule has 21 heavy (non-hydrogen) atoms. The quantitative estimate of drug-likeness (QED) is 0.286. The van der Waals surface area contributed by atoms with Crippen molar-refractivity contribution in [2.75, 3.05) is 0 Å². The number of thioether (sulfide) groups is 1. The van der Waals surface area contributed by atoms with Gasteiger partial charge in [-0.2, -0.15) is 5.10 Å². The van der Waals surface area contributed by atoms with Crippen LogP contribution < -0.4 is 5.43 Å². The highest BCUT2D eigenvalue weighted by molar-refractivity contribution is 8.02. The minimum Gasteiger partial charge on any atom is -0.267 e. The van der Waals surface area contributed by atoms with E-state index in [0.717, 1.165) is 11.3 Å². The standard InChI is InChI=1S/C17H16N2S2/c1-14(15-8-4-2-5-9-15)18-19-17(20)12-13-21-16-10-6-3-7-11-16/h2-13H,1H3,(H,19,20). The molecule has 2 aromatic rings. The van der Waals surface area contributed by atoms with Crippen molar-refractivity contribution < 1.29 is 0 Å². The molecule has 0 aliphatic carbocycles. The van der Waals surface area contributed by atoms with E-state index >= 15 is 0 Å². The zero-order chi connectivity index (χ0) is 14.9. The van der Waals surface area contributed by atoms with Gasteiger partial charge in [0, 0.05) is 4.90 Å². The lowest BCUT2D eigenvalue weighted by atomic mass is 10.1. The van der Waals surface area contributed by atoms with Gasteiger partial charge < -0.3 is 0 Å². The van der Waals surface area contributed by atoms with Crippen LogP contribution in [0.15, 0.2) is 82.1 Å². The van der Waals surface area contributed by atoms with Crippen molar-refractivity contribution in [3.8, 4) is 0 Å². The Morgan fingerprint density at radius 2 is 1.67 bits per heavy atom. The summed E-state index contributed by atoms with van der Waals surface area (Å²) in [7, 11) is 0. The maximum absolute atomic E-state index is 5.22. The van der Waals surface area contributed by atoms with Crippen molar-refractivity contribution in [3.63, 3.8) is 0 Å². The zero-order valence-electron chi connectivity index (χ0n) is 11.7. The molecule has 0 saturated heterocycles. The summed E-state index contributed by atoms with van der Waals surface area (Å²) in [5.41, 5.74) is 4.87. The van der Waals surface area contributed by atoms with Gasteiger partial charge in [0.2, 0.25) is 0 Å². The predicted octanol–water partition coefficient (Wildman–Crippen LogP) is 4.63. The van der Waals surface area contributed by atoms with Gasteiger partial charge in [-0.05, 0) is 36.1 Å². The number of hydrogen-bond acceptors (Lipinski definition) is 3. The van der Waals surface area contributed by atoms with Crippen molar-refractivity contribution in [2.24, 2.45) is 5.10 Å². The second-order valence-corrected chi connectivity index (χ2v) is 5.69. The Morgan fingerprint density at radius 1 is 1.05 bits per heavy atom. The maximum atomic E-state index is 5.22. The molecular weight excluding hydrogens is 296 g/mol. The first kappa shape index (κ1) is 15.5. The van der Waals surface area contributed by atoms with E-state index in [9.17, 15) is 0 Å². The molecule has 2 aromatic carbocycles. The fourth-order valence-electron chi connectivity index (χ4n) is 1.59. The van der Waals surface area contributed by atoms with E-state index in [1.165, 1.54) is 4.90 Å². The third kappa shape index (κ3) is 5.53. The van der Waals surface area contributed by atoms with Crippen LogP contribution in [0.4, 0.5) is 0 Å². The highest BCUT2D eigenvalue weighted by atomic mass is 32.2. The number of nitrogens with one attached hydrogen (secondary N) is 1. The maximum Gasteiger partial charge on any atom is 0.120 e. The van der Waals surface area contributed by atoms with Crippen LogP contribution in [0.1, 0.15) is 12.5 Å². The summed E-state index contributed by atoms with van der Waals surface area (Å²) < 4.78 is 0. The number of hydrogen-bond donors (Lipinski definition) is 1. The topological polar surface area (TPSA) is 24.4 Å². The molecule has 106 valence electrons. The zero-order valence-corrected chi connectivity index (χ0v) is 13.3. The minimum absolute atomic E-state index is 0.591. The molecule has 4 heteroatoms. The van der Waals surface area contributed by atoms with Crippen molar-refractivity contribution >= 4 is 34.7 Å².